The molecule has 0 spiro atoms. The van der Waals surface area contributed by atoms with Gasteiger partial charge in [0.1, 0.15) is 11.6 Å². The Morgan fingerprint density at radius 1 is 1.23 bits per heavy atom. The number of rotatable bonds is 8. The number of nitrogens with one attached hydrogen (secondary N) is 2. The summed E-state index contributed by atoms with van der Waals surface area (Å²) in [5.74, 6) is 3.26. The third kappa shape index (κ3) is 6.00. The smallest absolute Gasteiger partial charge is 0.191 e. The third-order valence-corrected chi connectivity index (χ3v) is 4.04. The first-order valence-corrected chi connectivity index (χ1v) is 8.99. The number of imidazole rings is 1. The van der Waals surface area contributed by atoms with E-state index in [-0.39, 0.29) is 24.0 Å². The van der Waals surface area contributed by atoms with Gasteiger partial charge in [0, 0.05) is 44.5 Å². The highest BCUT2D eigenvalue weighted by atomic mass is 127. The van der Waals surface area contributed by atoms with Crippen molar-refractivity contribution in [1.29, 1.82) is 0 Å². The predicted molar refractivity (Wildman–Crippen MR) is 115 cm³/mol. The molecule has 0 saturated carbocycles. The second-order valence-corrected chi connectivity index (χ2v) is 6.41. The Morgan fingerprint density at radius 3 is 2.58 bits per heavy atom. The molecule has 0 bridgehead atoms. The summed E-state index contributed by atoms with van der Waals surface area (Å²) in [7, 11) is 1.77. The van der Waals surface area contributed by atoms with E-state index in [2.05, 4.69) is 58.0 Å². The number of hydrogen-bond acceptors (Lipinski definition) is 4. The first-order chi connectivity index (χ1) is 12.1. The maximum atomic E-state index is 5.41. The van der Waals surface area contributed by atoms with E-state index in [9.17, 15) is 0 Å². The van der Waals surface area contributed by atoms with Crippen LogP contribution in [0.15, 0.2) is 21.9 Å². The molecule has 0 saturated heterocycles. The van der Waals surface area contributed by atoms with Crippen LogP contribution in [0.1, 0.15) is 50.5 Å². The number of hydrogen-bond donors (Lipinski definition) is 2. The lowest BCUT2D eigenvalue weighted by Crippen LogP contribution is -2.37. The number of halogens is 1. The second kappa shape index (κ2) is 11.2. The molecule has 146 valence electrons. The van der Waals surface area contributed by atoms with Crippen molar-refractivity contribution in [3.63, 3.8) is 0 Å². The Hall–Kier alpha value is -1.58. The van der Waals surface area contributed by atoms with Gasteiger partial charge in [0.15, 0.2) is 5.96 Å². The average molecular weight is 474 g/mol. The van der Waals surface area contributed by atoms with Gasteiger partial charge in [-0.05, 0) is 12.3 Å². The molecule has 2 heterocycles. The van der Waals surface area contributed by atoms with E-state index >= 15 is 0 Å². The molecule has 0 aliphatic rings. The van der Waals surface area contributed by atoms with Crippen molar-refractivity contribution in [2.45, 2.75) is 60.2 Å². The van der Waals surface area contributed by atoms with Crippen LogP contribution in [-0.4, -0.2) is 27.7 Å². The quantitative estimate of drug-likeness (QED) is 0.349. The molecule has 2 N–H and O–H groups in total. The maximum absolute atomic E-state index is 5.41. The summed E-state index contributed by atoms with van der Waals surface area (Å²) in [4.78, 5) is 8.73. The SMILES string of the molecule is CCc1noc(CC)c1CNC(=NC)NCc1nccn1CC(C)C.I. The molecular weight excluding hydrogens is 443 g/mol. The van der Waals surface area contributed by atoms with E-state index in [1.807, 2.05) is 12.4 Å². The normalized spacial score (nSPS) is 11.5. The zero-order valence-corrected chi connectivity index (χ0v) is 18.7. The minimum absolute atomic E-state index is 0. The topological polar surface area (TPSA) is 80.3 Å². The van der Waals surface area contributed by atoms with Crippen LogP contribution < -0.4 is 10.6 Å². The summed E-state index contributed by atoms with van der Waals surface area (Å²) in [6, 6.07) is 0. The summed E-state index contributed by atoms with van der Waals surface area (Å²) in [6.45, 7) is 10.8. The first-order valence-electron chi connectivity index (χ1n) is 8.99. The number of nitrogens with zero attached hydrogens (tertiary/aromatic N) is 4. The molecule has 0 aliphatic carbocycles. The number of aliphatic imine (C=N–C) groups is 1. The summed E-state index contributed by atoms with van der Waals surface area (Å²) in [5.41, 5.74) is 2.14. The van der Waals surface area contributed by atoms with Gasteiger partial charge in [-0.1, -0.05) is 32.9 Å². The largest absolute Gasteiger partial charge is 0.361 e. The van der Waals surface area contributed by atoms with Crippen LogP contribution in [0.5, 0.6) is 0 Å². The Bertz CT molecular complexity index is 670. The van der Waals surface area contributed by atoms with Crippen molar-refractivity contribution in [2.75, 3.05) is 7.05 Å². The van der Waals surface area contributed by atoms with E-state index in [4.69, 9.17) is 4.52 Å². The predicted octanol–water partition coefficient (Wildman–Crippen LogP) is 3.14. The summed E-state index contributed by atoms with van der Waals surface area (Å²) in [6.07, 6.45) is 5.56. The molecule has 0 radical (unpaired) electrons. The fourth-order valence-electron chi connectivity index (χ4n) is 2.76. The van der Waals surface area contributed by atoms with Crippen molar-refractivity contribution in [3.8, 4) is 0 Å². The second-order valence-electron chi connectivity index (χ2n) is 6.41. The fraction of sp³-hybridized carbons (Fsp3) is 0.611. The first kappa shape index (κ1) is 22.5. The van der Waals surface area contributed by atoms with Gasteiger partial charge in [-0.2, -0.15) is 0 Å². The zero-order chi connectivity index (χ0) is 18.2. The molecule has 2 aromatic heterocycles. The standard InChI is InChI=1S/C18H30N6O.HI/c1-6-15-14(16(7-2)25-23-15)10-21-18(19-5)22-11-17-20-8-9-24(17)12-13(3)4;/h8-9,13H,6-7,10-12H2,1-5H3,(H2,19,21,22);1H. The van der Waals surface area contributed by atoms with E-state index < -0.39 is 0 Å². The molecule has 0 aliphatic heterocycles. The number of aryl methyl sites for hydroxylation is 2. The molecule has 0 atom stereocenters. The van der Waals surface area contributed by atoms with Gasteiger partial charge in [0.25, 0.3) is 0 Å². The van der Waals surface area contributed by atoms with Crippen LogP contribution in [0.3, 0.4) is 0 Å². The lowest BCUT2D eigenvalue weighted by atomic mass is 10.1. The molecule has 7 nitrogen and oxygen atoms in total. The van der Waals surface area contributed by atoms with Crippen LogP contribution in [0.4, 0.5) is 0 Å². The fourth-order valence-corrected chi connectivity index (χ4v) is 2.76. The summed E-state index contributed by atoms with van der Waals surface area (Å²) in [5, 5.41) is 10.8. The van der Waals surface area contributed by atoms with Crippen LogP contribution in [0.25, 0.3) is 0 Å². The molecule has 8 heteroatoms. The Labute approximate surface area is 173 Å². The lowest BCUT2D eigenvalue weighted by molar-refractivity contribution is 0.380. The third-order valence-electron chi connectivity index (χ3n) is 4.04. The van der Waals surface area contributed by atoms with Gasteiger partial charge in [0.05, 0.1) is 12.2 Å². The highest BCUT2D eigenvalue weighted by molar-refractivity contribution is 14.0. The van der Waals surface area contributed by atoms with Gasteiger partial charge < -0.3 is 19.7 Å². The van der Waals surface area contributed by atoms with Crippen LogP contribution in [-0.2, 0) is 32.5 Å². The van der Waals surface area contributed by atoms with Crippen molar-refractivity contribution in [3.05, 3.63) is 35.2 Å². The molecule has 0 aromatic carbocycles. The van der Waals surface area contributed by atoms with Gasteiger partial charge in [-0.3, -0.25) is 4.99 Å². The molecule has 26 heavy (non-hydrogen) atoms. The summed E-state index contributed by atoms with van der Waals surface area (Å²) >= 11 is 0. The van der Waals surface area contributed by atoms with E-state index in [1.54, 1.807) is 7.05 Å². The monoisotopic (exact) mass is 474 g/mol. The van der Waals surface area contributed by atoms with Gasteiger partial charge in [-0.15, -0.1) is 24.0 Å². The van der Waals surface area contributed by atoms with Crippen molar-refractivity contribution in [2.24, 2.45) is 10.9 Å². The zero-order valence-electron chi connectivity index (χ0n) is 16.4. The van der Waals surface area contributed by atoms with Crippen LogP contribution in [0.2, 0.25) is 0 Å². The highest BCUT2D eigenvalue weighted by Crippen LogP contribution is 2.15. The minimum Gasteiger partial charge on any atom is -0.361 e. The Morgan fingerprint density at radius 2 is 1.96 bits per heavy atom. The Balaban J connectivity index is 0.00000338. The van der Waals surface area contributed by atoms with Crippen molar-refractivity contribution >= 4 is 29.9 Å². The molecule has 0 amide bonds. The maximum Gasteiger partial charge on any atom is 0.191 e. The summed E-state index contributed by atoms with van der Waals surface area (Å²) < 4.78 is 7.59. The Kier molecular flexibility index (Phi) is 9.68. The average Bonchev–Trinajstić information content (AvgIpc) is 3.20. The van der Waals surface area contributed by atoms with E-state index in [0.717, 1.165) is 48.2 Å². The van der Waals surface area contributed by atoms with Crippen LogP contribution in [0, 0.1) is 5.92 Å². The molecule has 2 rings (SSSR count). The molecular formula is C18H31IN6O. The minimum atomic E-state index is 0. The molecule has 0 unspecified atom stereocenters. The van der Waals surface area contributed by atoms with E-state index in [1.165, 1.54) is 0 Å². The lowest BCUT2D eigenvalue weighted by Gasteiger charge is -2.14. The highest BCUT2D eigenvalue weighted by Gasteiger charge is 2.14. The molecule has 0 fully saturated rings. The van der Waals surface area contributed by atoms with E-state index in [0.29, 0.717) is 19.0 Å². The molecule has 2 aromatic rings. The van der Waals surface area contributed by atoms with Crippen molar-refractivity contribution < 1.29 is 4.52 Å². The van der Waals surface area contributed by atoms with Crippen LogP contribution >= 0.6 is 24.0 Å². The van der Waals surface area contributed by atoms with Gasteiger partial charge in [-0.25, -0.2) is 4.98 Å². The van der Waals surface area contributed by atoms with Crippen molar-refractivity contribution in [1.82, 2.24) is 25.3 Å². The number of aromatic nitrogens is 3. The number of guanidine groups is 1. The van der Waals surface area contributed by atoms with Gasteiger partial charge >= 0.3 is 0 Å². The van der Waals surface area contributed by atoms with Gasteiger partial charge in [0.2, 0.25) is 0 Å².